The third-order valence-electron chi connectivity index (χ3n) is 4.42. The van der Waals surface area contributed by atoms with Crippen molar-refractivity contribution in [3.8, 4) is 5.75 Å². The number of aromatic nitrogens is 2. The minimum atomic E-state index is -0.950. The number of hydrogen-bond donors (Lipinski definition) is 1. The van der Waals surface area contributed by atoms with E-state index < -0.39 is 5.97 Å². The molecule has 0 aliphatic heterocycles. The lowest BCUT2D eigenvalue weighted by molar-refractivity contribution is 0.0688. The van der Waals surface area contributed by atoms with E-state index in [0.717, 1.165) is 0 Å². The Morgan fingerprint density at radius 3 is 2.86 bits per heavy atom. The highest BCUT2D eigenvalue weighted by Gasteiger charge is 2.20. The topological polar surface area (TPSA) is 63.8 Å². The lowest BCUT2D eigenvalue weighted by Gasteiger charge is -2.21. The van der Waals surface area contributed by atoms with Crippen molar-refractivity contribution in [1.29, 1.82) is 0 Å². The lowest BCUT2D eigenvalue weighted by atomic mass is 9.90. The van der Waals surface area contributed by atoms with Gasteiger partial charge in [0.15, 0.2) is 17.1 Å². The van der Waals surface area contributed by atoms with Crippen LogP contribution in [0.4, 0.5) is 0 Å². The van der Waals surface area contributed by atoms with Crippen LogP contribution in [0.2, 0.25) is 0 Å². The molecule has 3 rings (SSSR count). The van der Waals surface area contributed by atoms with E-state index in [-0.39, 0.29) is 5.69 Å². The van der Waals surface area contributed by atoms with Crippen molar-refractivity contribution in [1.82, 2.24) is 9.38 Å². The summed E-state index contributed by atoms with van der Waals surface area (Å²) in [7, 11) is 0. The van der Waals surface area contributed by atoms with Crippen LogP contribution in [0.5, 0.6) is 5.75 Å². The van der Waals surface area contributed by atoms with E-state index in [2.05, 4.69) is 4.98 Å². The van der Waals surface area contributed by atoms with Crippen LogP contribution in [0.15, 0.2) is 18.3 Å². The summed E-state index contributed by atoms with van der Waals surface area (Å²) in [5.74, 6) is 0.331. The molecular formula is C17H22N2O3. The Hall–Kier alpha value is -2.04. The minimum Gasteiger partial charge on any atom is -0.489 e. The molecular weight excluding hydrogens is 280 g/mol. The van der Waals surface area contributed by atoms with Crippen molar-refractivity contribution in [2.45, 2.75) is 45.4 Å². The maximum Gasteiger partial charge on any atom is 0.354 e. The van der Waals surface area contributed by atoms with Crippen LogP contribution in [-0.4, -0.2) is 27.1 Å². The first-order valence-corrected chi connectivity index (χ1v) is 8.06. The van der Waals surface area contributed by atoms with Gasteiger partial charge in [-0.05, 0) is 37.3 Å². The molecule has 5 nitrogen and oxygen atoms in total. The van der Waals surface area contributed by atoms with E-state index in [0.29, 0.717) is 36.0 Å². The van der Waals surface area contributed by atoms with Gasteiger partial charge in [-0.15, -0.1) is 0 Å². The first-order valence-electron chi connectivity index (χ1n) is 8.06. The minimum absolute atomic E-state index is 0.237. The van der Waals surface area contributed by atoms with Gasteiger partial charge in [0, 0.05) is 6.20 Å². The molecule has 118 valence electrons. The molecule has 22 heavy (non-hydrogen) atoms. The van der Waals surface area contributed by atoms with Crippen molar-refractivity contribution < 1.29 is 14.6 Å². The number of carboxylic acid groups (broad SMARTS) is 1. The quantitative estimate of drug-likeness (QED) is 0.917. The second kappa shape index (κ2) is 6.38. The number of pyridine rings is 1. The normalized spacial score (nSPS) is 16.0. The van der Waals surface area contributed by atoms with Crippen LogP contribution in [0, 0.1) is 5.92 Å². The van der Waals surface area contributed by atoms with Crippen LogP contribution in [-0.2, 0) is 6.42 Å². The number of carbonyl (C=O) groups is 1. The molecule has 1 saturated carbocycles. The van der Waals surface area contributed by atoms with Crippen molar-refractivity contribution in [2.75, 3.05) is 6.61 Å². The molecule has 0 spiro atoms. The molecule has 0 aromatic carbocycles. The van der Waals surface area contributed by atoms with Gasteiger partial charge in [-0.2, -0.15) is 0 Å². The molecule has 5 heteroatoms. The summed E-state index contributed by atoms with van der Waals surface area (Å²) < 4.78 is 7.60. The third-order valence-corrected chi connectivity index (χ3v) is 4.42. The Kier molecular flexibility index (Phi) is 4.32. The number of ether oxygens (including phenoxy) is 1. The lowest BCUT2D eigenvalue weighted by Crippen LogP contribution is -2.15. The average Bonchev–Trinajstić information content (AvgIpc) is 2.93. The fraction of sp³-hybridized carbons (Fsp3) is 0.529. The number of nitrogens with zero attached hydrogens (tertiary/aromatic N) is 2. The fourth-order valence-electron chi connectivity index (χ4n) is 3.24. The van der Waals surface area contributed by atoms with Gasteiger partial charge in [0.05, 0.1) is 12.3 Å². The first kappa shape index (κ1) is 14.9. The van der Waals surface area contributed by atoms with E-state index >= 15 is 0 Å². The van der Waals surface area contributed by atoms with Crippen molar-refractivity contribution in [3.05, 3.63) is 29.7 Å². The van der Waals surface area contributed by atoms with E-state index in [9.17, 15) is 9.90 Å². The first-order chi connectivity index (χ1) is 10.7. The van der Waals surface area contributed by atoms with Gasteiger partial charge in [-0.25, -0.2) is 9.78 Å². The summed E-state index contributed by atoms with van der Waals surface area (Å²) in [5, 5.41) is 9.41. The van der Waals surface area contributed by atoms with Gasteiger partial charge in [-0.1, -0.05) is 26.2 Å². The molecule has 0 saturated heterocycles. The third kappa shape index (κ3) is 2.80. The van der Waals surface area contributed by atoms with E-state index in [1.807, 2.05) is 19.1 Å². The number of aromatic carboxylic acids is 1. The average molecular weight is 302 g/mol. The predicted molar refractivity (Wildman–Crippen MR) is 83.6 cm³/mol. The highest BCUT2D eigenvalue weighted by Crippen LogP contribution is 2.27. The van der Waals surface area contributed by atoms with Crippen LogP contribution >= 0.6 is 0 Å². The maximum absolute atomic E-state index is 11.5. The van der Waals surface area contributed by atoms with Gasteiger partial charge in [0.25, 0.3) is 0 Å². The molecule has 0 bridgehead atoms. The van der Waals surface area contributed by atoms with Crippen LogP contribution in [0.3, 0.4) is 0 Å². The van der Waals surface area contributed by atoms with Crippen molar-refractivity contribution in [2.24, 2.45) is 5.92 Å². The smallest absolute Gasteiger partial charge is 0.354 e. The zero-order valence-electron chi connectivity index (χ0n) is 12.9. The molecule has 0 atom stereocenters. The molecule has 0 unspecified atom stereocenters. The molecule has 1 fully saturated rings. The Bertz CT molecular complexity index is 672. The molecule has 2 aromatic rings. The fourth-order valence-corrected chi connectivity index (χ4v) is 3.24. The summed E-state index contributed by atoms with van der Waals surface area (Å²) in [5.41, 5.74) is 1.44. The van der Waals surface area contributed by atoms with Gasteiger partial charge in [0.2, 0.25) is 0 Å². The number of aryl methyl sites for hydroxylation is 1. The summed E-state index contributed by atoms with van der Waals surface area (Å²) in [6, 6.07) is 3.69. The van der Waals surface area contributed by atoms with Crippen molar-refractivity contribution >= 4 is 11.6 Å². The number of carboxylic acids is 1. The molecule has 0 radical (unpaired) electrons. The molecule has 1 aliphatic rings. The molecule has 0 amide bonds. The van der Waals surface area contributed by atoms with E-state index in [4.69, 9.17) is 4.74 Å². The largest absolute Gasteiger partial charge is 0.489 e. The molecule has 1 aliphatic carbocycles. The van der Waals surface area contributed by atoms with E-state index in [1.165, 1.54) is 32.1 Å². The molecule has 2 aromatic heterocycles. The zero-order chi connectivity index (χ0) is 15.5. The van der Waals surface area contributed by atoms with Gasteiger partial charge in [0.1, 0.15) is 0 Å². The Labute approximate surface area is 129 Å². The SMILES string of the molecule is CCc1nc2c(OCC3CCCCC3)cccn2c1C(=O)O. The molecule has 2 heterocycles. The Morgan fingerprint density at radius 1 is 1.41 bits per heavy atom. The standard InChI is InChI=1S/C17H22N2O3/c1-2-13-15(17(20)21)19-10-6-9-14(16(19)18-13)22-11-12-7-4-3-5-8-12/h6,9-10,12H,2-5,7-8,11H2,1H3,(H,20,21). The zero-order valence-corrected chi connectivity index (χ0v) is 12.9. The number of imidazole rings is 1. The van der Waals surface area contributed by atoms with Gasteiger partial charge < -0.3 is 9.84 Å². The maximum atomic E-state index is 11.5. The van der Waals surface area contributed by atoms with Gasteiger partial charge in [-0.3, -0.25) is 4.40 Å². The number of fused-ring (bicyclic) bond motifs is 1. The summed E-state index contributed by atoms with van der Waals surface area (Å²) >= 11 is 0. The Balaban J connectivity index is 1.88. The second-order valence-electron chi connectivity index (χ2n) is 5.95. The number of hydrogen-bond acceptors (Lipinski definition) is 3. The van der Waals surface area contributed by atoms with Crippen LogP contribution in [0.25, 0.3) is 5.65 Å². The molecule has 1 N–H and O–H groups in total. The van der Waals surface area contributed by atoms with E-state index in [1.54, 1.807) is 10.6 Å². The summed E-state index contributed by atoms with van der Waals surface area (Å²) in [4.78, 5) is 15.9. The predicted octanol–water partition coefficient (Wildman–Crippen LogP) is 3.55. The monoisotopic (exact) mass is 302 g/mol. The van der Waals surface area contributed by atoms with Crippen LogP contribution < -0.4 is 4.74 Å². The summed E-state index contributed by atoms with van der Waals surface area (Å²) in [6.45, 7) is 2.60. The van der Waals surface area contributed by atoms with Crippen LogP contribution in [0.1, 0.15) is 55.2 Å². The number of rotatable bonds is 5. The Morgan fingerprint density at radius 2 is 2.18 bits per heavy atom. The highest BCUT2D eigenvalue weighted by molar-refractivity contribution is 5.88. The van der Waals surface area contributed by atoms with Crippen molar-refractivity contribution in [3.63, 3.8) is 0 Å². The highest BCUT2D eigenvalue weighted by atomic mass is 16.5. The van der Waals surface area contributed by atoms with Gasteiger partial charge >= 0.3 is 5.97 Å². The second-order valence-corrected chi connectivity index (χ2v) is 5.95. The summed E-state index contributed by atoms with van der Waals surface area (Å²) in [6.07, 6.45) is 8.66.